The summed E-state index contributed by atoms with van der Waals surface area (Å²) >= 11 is 3.00. The van der Waals surface area contributed by atoms with Gasteiger partial charge in [0.05, 0.1) is 0 Å². The molecule has 1 radical (unpaired) electrons. The van der Waals surface area contributed by atoms with Crippen molar-refractivity contribution in [3.63, 3.8) is 0 Å². The number of nitrogens with zero attached hydrogens (tertiary/aromatic N) is 5. The molecule has 2 heterocycles. The Bertz CT molecular complexity index is 753. The number of amidine groups is 1. The standard InChI is InChI=1S/C18H19FN5Se/c1-14(17-4-2-3-9-20-17)21-22-18(25)24-12-10-23(11-13-24)16-7-5-15(19)6-8-16/h2-9H,10-13H2,1H3/b21-14?,22-18-. The number of hydrogen-bond acceptors (Lipinski definition) is 4. The SMILES string of the molecule is CC(=N/N=C(\[Se])N1CCN(c2ccc(F)cc2)CC1)c1ccccn1. The van der Waals surface area contributed by atoms with E-state index >= 15 is 0 Å². The summed E-state index contributed by atoms with van der Waals surface area (Å²) in [5.41, 5.74) is 2.64. The van der Waals surface area contributed by atoms with Crippen LogP contribution < -0.4 is 4.90 Å². The molecule has 129 valence electrons. The fourth-order valence-electron chi connectivity index (χ4n) is 2.62. The first-order valence-corrected chi connectivity index (χ1v) is 8.95. The van der Waals surface area contributed by atoms with Gasteiger partial charge < -0.3 is 0 Å². The van der Waals surface area contributed by atoms with Crippen LogP contribution in [0.5, 0.6) is 0 Å². The number of pyridine rings is 1. The van der Waals surface area contributed by atoms with Gasteiger partial charge in [-0.25, -0.2) is 0 Å². The Morgan fingerprint density at radius 1 is 1.04 bits per heavy atom. The van der Waals surface area contributed by atoms with Gasteiger partial charge in [-0.3, -0.25) is 0 Å². The quantitative estimate of drug-likeness (QED) is 0.342. The maximum atomic E-state index is 13.0. The van der Waals surface area contributed by atoms with E-state index in [1.54, 1.807) is 6.20 Å². The molecule has 1 saturated heterocycles. The monoisotopic (exact) mass is 404 g/mol. The van der Waals surface area contributed by atoms with E-state index in [2.05, 4.69) is 41.0 Å². The van der Waals surface area contributed by atoms with E-state index in [4.69, 9.17) is 0 Å². The first-order chi connectivity index (χ1) is 12.1. The summed E-state index contributed by atoms with van der Waals surface area (Å²) in [6, 6.07) is 12.3. The van der Waals surface area contributed by atoms with Crippen LogP contribution in [0.1, 0.15) is 12.6 Å². The Morgan fingerprint density at radius 3 is 2.40 bits per heavy atom. The van der Waals surface area contributed by atoms with Crippen LogP contribution in [0.15, 0.2) is 58.9 Å². The van der Waals surface area contributed by atoms with E-state index in [1.807, 2.05) is 37.3 Å². The third-order valence-electron chi connectivity index (χ3n) is 4.06. The molecule has 7 heteroatoms. The first kappa shape index (κ1) is 17.6. The molecule has 25 heavy (non-hydrogen) atoms. The van der Waals surface area contributed by atoms with Crippen molar-refractivity contribution in [2.45, 2.75) is 6.92 Å². The molecule has 0 unspecified atom stereocenters. The fraction of sp³-hybridized carbons (Fsp3) is 0.278. The predicted octanol–water partition coefficient (Wildman–Crippen LogP) is 2.29. The average Bonchev–Trinajstić information content (AvgIpc) is 2.67. The average molecular weight is 403 g/mol. The van der Waals surface area contributed by atoms with E-state index in [0.717, 1.165) is 48.0 Å². The molecule has 1 fully saturated rings. The minimum absolute atomic E-state index is 0.207. The van der Waals surface area contributed by atoms with Crippen molar-refractivity contribution in [2.75, 3.05) is 31.1 Å². The van der Waals surface area contributed by atoms with Crippen molar-refractivity contribution < 1.29 is 4.39 Å². The zero-order valence-electron chi connectivity index (χ0n) is 14.0. The molecule has 0 amide bonds. The summed E-state index contributed by atoms with van der Waals surface area (Å²) in [6.07, 6.45) is 1.74. The molecule has 0 atom stereocenters. The van der Waals surface area contributed by atoms with Crippen molar-refractivity contribution in [1.29, 1.82) is 0 Å². The summed E-state index contributed by atoms with van der Waals surface area (Å²) < 4.78 is 13.8. The molecule has 0 aliphatic carbocycles. The Balaban J connectivity index is 1.59. The fourth-order valence-corrected chi connectivity index (χ4v) is 3.09. The molecular weight excluding hydrogens is 384 g/mol. The molecule has 1 aromatic carbocycles. The normalized spacial score (nSPS) is 16.2. The minimum atomic E-state index is -0.207. The third-order valence-corrected chi connectivity index (χ3v) is 4.78. The summed E-state index contributed by atoms with van der Waals surface area (Å²) in [6.45, 7) is 5.28. The predicted molar refractivity (Wildman–Crippen MR) is 99.8 cm³/mol. The third kappa shape index (κ3) is 4.65. The molecule has 1 aliphatic rings. The van der Waals surface area contributed by atoms with Gasteiger partial charge in [-0.15, -0.1) is 0 Å². The van der Waals surface area contributed by atoms with Gasteiger partial charge in [0.25, 0.3) is 0 Å². The molecule has 3 rings (SSSR count). The van der Waals surface area contributed by atoms with Crippen molar-refractivity contribution in [2.24, 2.45) is 10.2 Å². The number of halogens is 1. The summed E-state index contributed by atoms with van der Waals surface area (Å²) in [7, 11) is 0. The number of anilines is 1. The van der Waals surface area contributed by atoms with Gasteiger partial charge in [-0.1, -0.05) is 0 Å². The second-order valence-electron chi connectivity index (χ2n) is 5.73. The second-order valence-corrected chi connectivity index (χ2v) is 6.50. The second kappa shape index (κ2) is 8.23. The van der Waals surface area contributed by atoms with E-state index in [-0.39, 0.29) is 5.82 Å². The molecular formula is C18H19FN5Se. The molecule has 1 aliphatic heterocycles. The van der Waals surface area contributed by atoms with Crippen LogP contribution in [0.2, 0.25) is 0 Å². The molecule has 0 spiro atoms. The number of hydrogen-bond donors (Lipinski definition) is 0. The zero-order valence-corrected chi connectivity index (χ0v) is 15.7. The van der Waals surface area contributed by atoms with Gasteiger partial charge in [-0.05, 0) is 0 Å². The number of rotatable bonds is 3. The Labute approximate surface area is 155 Å². The van der Waals surface area contributed by atoms with Gasteiger partial charge in [0, 0.05) is 0 Å². The maximum absolute atomic E-state index is 13.0. The van der Waals surface area contributed by atoms with Crippen LogP contribution in [0.4, 0.5) is 10.1 Å². The summed E-state index contributed by atoms with van der Waals surface area (Å²) in [4.78, 5) is 8.67. The Hall–Kier alpha value is -2.24. The van der Waals surface area contributed by atoms with Gasteiger partial charge in [-0.2, -0.15) is 0 Å². The molecule has 0 bridgehead atoms. The molecule has 5 nitrogen and oxygen atoms in total. The van der Waals surface area contributed by atoms with Gasteiger partial charge in [0.15, 0.2) is 0 Å². The summed E-state index contributed by atoms with van der Waals surface area (Å²) in [5, 5.41) is 8.57. The van der Waals surface area contributed by atoms with E-state index in [9.17, 15) is 4.39 Å². The Kier molecular flexibility index (Phi) is 5.79. The van der Waals surface area contributed by atoms with Gasteiger partial charge in [0.2, 0.25) is 0 Å². The Morgan fingerprint density at radius 2 is 1.76 bits per heavy atom. The number of aromatic nitrogens is 1. The van der Waals surface area contributed by atoms with Crippen molar-refractivity contribution >= 4 is 32.1 Å². The molecule has 0 N–H and O–H groups in total. The number of benzene rings is 1. The zero-order chi connectivity index (χ0) is 17.6. The molecule has 1 aromatic heterocycles. The van der Waals surface area contributed by atoms with Crippen LogP contribution in [0.3, 0.4) is 0 Å². The van der Waals surface area contributed by atoms with Crippen molar-refractivity contribution in [3.8, 4) is 0 Å². The van der Waals surface area contributed by atoms with Crippen LogP contribution >= 0.6 is 0 Å². The topological polar surface area (TPSA) is 44.1 Å². The van der Waals surface area contributed by atoms with Crippen LogP contribution in [0.25, 0.3) is 0 Å². The van der Waals surface area contributed by atoms with Crippen molar-refractivity contribution in [3.05, 3.63) is 60.2 Å². The first-order valence-electron chi connectivity index (χ1n) is 8.09. The molecule has 0 saturated carbocycles. The van der Waals surface area contributed by atoms with E-state index in [1.165, 1.54) is 12.1 Å². The molecule has 2 aromatic rings. The summed E-state index contributed by atoms with van der Waals surface area (Å²) in [5.74, 6) is -0.207. The van der Waals surface area contributed by atoms with E-state index in [0.29, 0.717) is 0 Å². The van der Waals surface area contributed by atoms with Crippen LogP contribution in [-0.2, 0) is 0 Å². The van der Waals surface area contributed by atoms with Crippen LogP contribution in [-0.4, -0.2) is 62.5 Å². The van der Waals surface area contributed by atoms with Crippen molar-refractivity contribution in [1.82, 2.24) is 9.88 Å². The van der Waals surface area contributed by atoms with E-state index < -0.39 is 0 Å². The van der Waals surface area contributed by atoms with Gasteiger partial charge >= 0.3 is 155 Å². The van der Waals surface area contributed by atoms with Crippen LogP contribution in [0, 0.1) is 5.82 Å². The van der Waals surface area contributed by atoms with Gasteiger partial charge in [0.1, 0.15) is 0 Å². The number of piperazine rings is 1.